The SMILES string of the molecule is CC(C)(C)c1cc(C(c2ccccc2)[Si](C)(C)c2ccccc2)cc(C(C)(C)C)c1O. The van der Waals surface area contributed by atoms with Crippen LogP contribution in [-0.2, 0) is 10.8 Å². The maximum Gasteiger partial charge on any atom is 0.123 e. The van der Waals surface area contributed by atoms with Gasteiger partial charge in [0.05, 0.1) is 8.07 Å². The van der Waals surface area contributed by atoms with E-state index in [1.165, 1.54) is 16.3 Å². The van der Waals surface area contributed by atoms with Crippen molar-refractivity contribution in [3.63, 3.8) is 0 Å². The molecule has 1 atom stereocenters. The summed E-state index contributed by atoms with van der Waals surface area (Å²) < 4.78 is 0. The van der Waals surface area contributed by atoms with Gasteiger partial charge >= 0.3 is 0 Å². The van der Waals surface area contributed by atoms with Crippen LogP contribution in [0.5, 0.6) is 5.75 Å². The lowest BCUT2D eigenvalue weighted by molar-refractivity contribution is 0.422. The van der Waals surface area contributed by atoms with Gasteiger partial charge in [0.25, 0.3) is 0 Å². The fourth-order valence-electron chi connectivity index (χ4n) is 4.67. The second kappa shape index (κ2) is 8.31. The van der Waals surface area contributed by atoms with E-state index < -0.39 is 8.07 Å². The summed E-state index contributed by atoms with van der Waals surface area (Å²) in [6.45, 7) is 18.1. The summed E-state index contributed by atoms with van der Waals surface area (Å²) in [7, 11) is -1.95. The first kappa shape index (κ1) is 23.3. The van der Waals surface area contributed by atoms with Crippen LogP contribution in [0.1, 0.15) is 69.3 Å². The lowest BCUT2D eigenvalue weighted by atomic mass is 9.78. The molecule has 3 aromatic rings. The minimum absolute atomic E-state index is 0.139. The fraction of sp³-hybridized carbons (Fsp3) is 0.379. The first-order valence-corrected chi connectivity index (χ1v) is 14.4. The van der Waals surface area contributed by atoms with Crippen LogP contribution in [0, 0.1) is 0 Å². The topological polar surface area (TPSA) is 20.2 Å². The van der Waals surface area contributed by atoms with Crippen molar-refractivity contribution in [2.24, 2.45) is 0 Å². The quantitative estimate of drug-likeness (QED) is 0.431. The van der Waals surface area contributed by atoms with Crippen LogP contribution >= 0.6 is 0 Å². The molecular formula is C29H38OSi. The van der Waals surface area contributed by atoms with Gasteiger partial charge in [-0.3, -0.25) is 0 Å². The molecular weight excluding hydrogens is 392 g/mol. The number of aromatic hydroxyl groups is 1. The molecule has 0 aromatic heterocycles. The summed E-state index contributed by atoms with van der Waals surface area (Å²) in [5.41, 5.74) is 4.76. The average Bonchev–Trinajstić information content (AvgIpc) is 2.69. The molecule has 1 nitrogen and oxygen atoms in total. The standard InChI is InChI=1S/C29H38OSi/c1-28(2,3)24-19-22(20-25(26(24)30)29(4,5)6)27(21-15-11-9-12-16-21)31(7,8)23-17-13-10-14-18-23/h9-20,27,30H,1-8H3. The molecule has 1 N–H and O–H groups in total. The third kappa shape index (κ3) is 4.80. The molecule has 3 rings (SSSR count). The first-order chi connectivity index (χ1) is 14.3. The zero-order valence-electron chi connectivity index (χ0n) is 20.5. The molecule has 0 saturated heterocycles. The largest absolute Gasteiger partial charge is 0.507 e. The summed E-state index contributed by atoms with van der Waals surface area (Å²) in [6.07, 6.45) is 0. The van der Waals surface area contributed by atoms with Gasteiger partial charge in [0.15, 0.2) is 0 Å². The Bertz CT molecular complexity index is 987. The maximum atomic E-state index is 11.3. The van der Waals surface area contributed by atoms with E-state index in [-0.39, 0.29) is 10.8 Å². The Hall–Kier alpha value is -2.32. The van der Waals surface area contributed by atoms with Crippen molar-refractivity contribution in [2.75, 3.05) is 0 Å². The van der Waals surface area contributed by atoms with Gasteiger partial charge in [-0.15, -0.1) is 0 Å². The van der Waals surface area contributed by atoms with E-state index in [2.05, 4.69) is 127 Å². The lowest BCUT2D eigenvalue weighted by Crippen LogP contribution is -2.48. The van der Waals surface area contributed by atoms with Crippen LogP contribution in [0.4, 0.5) is 0 Å². The van der Waals surface area contributed by atoms with Crippen LogP contribution in [0.25, 0.3) is 0 Å². The molecule has 164 valence electrons. The molecule has 0 aliphatic heterocycles. The van der Waals surface area contributed by atoms with E-state index in [0.717, 1.165) is 11.1 Å². The summed E-state index contributed by atoms with van der Waals surface area (Å²) in [5.74, 6) is 0.453. The van der Waals surface area contributed by atoms with Crippen molar-refractivity contribution in [3.05, 3.63) is 95.1 Å². The second-order valence-electron chi connectivity index (χ2n) is 11.4. The van der Waals surface area contributed by atoms with Gasteiger partial charge in [0.1, 0.15) is 5.75 Å². The Kier molecular flexibility index (Phi) is 6.26. The van der Waals surface area contributed by atoms with Gasteiger partial charge in [0, 0.05) is 5.54 Å². The van der Waals surface area contributed by atoms with Crippen LogP contribution in [0.15, 0.2) is 72.8 Å². The molecule has 31 heavy (non-hydrogen) atoms. The van der Waals surface area contributed by atoms with Crippen LogP contribution in [0.2, 0.25) is 13.1 Å². The van der Waals surface area contributed by atoms with Crippen molar-refractivity contribution < 1.29 is 5.11 Å². The minimum atomic E-state index is -1.95. The van der Waals surface area contributed by atoms with Gasteiger partial charge in [-0.2, -0.15) is 0 Å². The first-order valence-electron chi connectivity index (χ1n) is 11.3. The molecule has 0 spiro atoms. The molecule has 0 radical (unpaired) electrons. The number of rotatable bonds is 4. The van der Waals surface area contributed by atoms with Crippen molar-refractivity contribution in [1.82, 2.24) is 0 Å². The maximum absolute atomic E-state index is 11.3. The van der Waals surface area contributed by atoms with E-state index in [0.29, 0.717) is 11.3 Å². The highest BCUT2D eigenvalue weighted by molar-refractivity contribution is 6.91. The lowest BCUT2D eigenvalue weighted by Gasteiger charge is -2.36. The predicted molar refractivity (Wildman–Crippen MR) is 137 cm³/mol. The van der Waals surface area contributed by atoms with Crippen LogP contribution in [-0.4, -0.2) is 13.2 Å². The predicted octanol–water partition coefficient (Wildman–Crippen LogP) is 7.27. The summed E-state index contributed by atoms with van der Waals surface area (Å²) in [5, 5.41) is 12.7. The van der Waals surface area contributed by atoms with E-state index >= 15 is 0 Å². The highest BCUT2D eigenvalue weighted by atomic mass is 28.3. The average molecular weight is 431 g/mol. The zero-order valence-corrected chi connectivity index (χ0v) is 21.5. The monoisotopic (exact) mass is 430 g/mol. The van der Waals surface area contributed by atoms with Crippen molar-refractivity contribution in [1.29, 1.82) is 0 Å². The van der Waals surface area contributed by atoms with Gasteiger partial charge in [-0.1, -0.05) is 133 Å². The minimum Gasteiger partial charge on any atom is -0.507 e. The van der Waals surface area contributed by atoms with Crippen molar-refractivity contribution >= 4 is 13.3 Å². The molecule has 0 saturated carbocycles. The normalized spacial score (nSPS) is 13.8. The highest BCUT2D eigenvalue weighted by Crippen LogP contribution is 2.44. The molecule has 0 heterocycles. The van der Waals surface area contributed by atoms with E-state index in [1.807, 2.05) is 0 Å². The van der Waals surface area contributed by atoms with E-state index in [1.54, 1.807) is 0 Å². The molecule has 2 heteroatoms. The third-order valence-electron chi connectivity index (χ3n) is 6.45. The third-order valence-corrected chi connectivity index (χ3v) is 10.4. The second-order valence-corrected chi connectivity index (χ2v) is 16.0. The number of hydrogen-bond donors (Lipinski definition) is 1. The Balaban J connectivity index is 2.35. The number of benzene rings is 3. The van der Waals surface area contributed by atoms with E-state index in [4.69, 9.17) is 0 Å². The summed E-state index contributed by atoms with van der Waals surface area (Å²) in [4.78, 5) is 0. The van der Waals surface area contributed by atoms with Crippen molar-refractivity contribution in [3.8, 4) is 5.75 Å². The molecule has 1 unspecified atom stereocenters. The summed E-state index contributed by atoms with van der Waals surface area (Å²) in [6, 6.07) is 26.5. The highest BCUT2D eigenvalue weighted by Gasteiger charge is 2.38. The molecule has 0 amide bonds. The Morgan fingerprint density at radius 2 is 1.06 bits per heavy atom. The van der Waals surface area contributed by atoms with Crippen LogP contribution < -0.4 is 5.19 Å². The Labute approximate surface area is 190 Å². The molecule has 0 fully saturated rings. The Morgan fingerprint density at radius 1 is 0.645 bits per heavy atom. The molecule has 3 aromatic carbocycles. The van der Waals surface area contributed by atoms with Gasteiger partial charge in [-0.25, -0.2) is 0 Å². The number of phenols is 1. The molecule has 0 aliphatic rings. The van der Waals surface area contributed by atoms with Crippen molar-refractivity contribution in [2.45, 2.75) is 71.0 Å². The molecule has 0 bridgehead atoms. The van der Waals surface area contributed by atoms with E-state index in [9.17, 15) is 5.11 Å². The smallest absolute Gasteiger partial charge is 0.123 e. The zero-order chi connectivity index (χ0) is 23.0. The van der Waals surface area contributed by atoms with Crippen LogP contribution in [0.3, 0.4) is 0 Å². The van der Waals surface area contributed by atoms with Gasteiger partial charge < -0.3 is 5.11 Å². The number of phenolic OH excluding ortho intramolecular Hbond substituents is 1. The Morgan fingerprint density at radius 3 is 1.48 bits per heavy atom. The molecule has 0 aliphatic carbocycles. The summed E-state index contributed by atoms with van der Waals surface area (Å²) >= 11 is 0. The number of hydrogen-bond acceptors (Lipinski definition) is 1. The fourth-order valence-corrected chi connectivity index (χ4v) is 8.08. The van der Waals surface area contributed by atoms with Gasteiger partial charge in [-0.05, 0) is 33.1 Å². The van der Waals surface area contributed by atoms with Gasteiger partial charge in [0.2, 0.25) is 0 Å².